The number of carboxylic acids is 1. The van der Waals surface area contributed by atoms with Crippen LogP contribution in [-0.4, -0.2) is 109 Å². The van der Waals surface area contributed by atoms with E-state index in [1.807, 2.05) is 0 Å². The molecule has 6 N–H and O–H groups in total. The molecule has 2 aromatic heterocycles. The van der Waals surface area contributed by atoms with E-state index in [0.29, 0.717) is 25.7 Å². The van der Waals surface area contributed by atoms with Gasteiger partial charge in [0.15, 0.2) is 22.8 Å². The molecular formula is C29H41N7O19P3S-5. The van der Waals surface area contributed by atoms with Crippen LogP contribution in [0.2, 0.25) is 0 Å². The van der Waals surface area contributed by atoms with Gasteiger partial charge in [-0.3, -0.25) is 28.1 Å². The van der Waals surface area contributed by atoms with Crippen molar-refractivity contribution in [2.75, 3.05) is 37.8 Å². The molecule has 30 heteroatoms. The maximum absolute atomic E-state index is 12.6. The summed E-state index contributed by atoms with van der Waals surface area (Å²) in [6, 6.07) is 0. The zero-order valence-electron chi connectivity index (χ0n) is 31.2. The molecule has 2 aliphatic rings. The van der Waals surface area contributed by atoms with E-state index >= 15 is 0 Å². The zero-order chi connectivity index (χ0) is 43.9. The molecule has 1 saturated carbocycles. The Kier molecular flexibility index (Phi) is 16.7. The first-order valence-corrected chi connectivity index (χ1v) is 23.0. The van der Waals surface area contributed by atoms with Gasteiger partial charge in [-0.25, -0.2) is 19.3 Å². The third kappa shape index (κ3) is 14.0. The Labute approximate surface area is 339 Å². The normalized spacial score (nSPS) is 25.2. The molecule has 2 amide bonds. The van der Waals surface area contributed by atoms with Crippen molar-refractivity contribution in [1.29, 1.82) is 0 Å². The lowest BCUT2D eigenvalue weighted by molar-refractivity contribution is -0.347. The number of nitrogens with one attached hydrogen (secondary N) is 2. The number of nitrogens with two attached hydrogens (primary N) is 1. The number of carbonyl (C=O) groups is 4. The standard InChI is InChI=1S/C29H46N7O19P3S/c1-29(2,22(39)25(40)32-8-7-18(37)31-9-10-59-28(43)16-5-3-15(4-6-16)27(41)42)12-52-58(49,50)55-57(47,48)51-11-17-21(54-56(44,45)46)20(38)26(53-17)36-14-35-19-23(30)33-13-34-24(19)36/h13-17,20-22,26,38-39H,3-12H2,1-2H3,(H,31,37)(H,32,40)(H,41,42)(H,47,48)(H,49,50)(H2,30,33,34)(H2,44,45,46)/p-5/t15?,16?,17-,20-,21-,22+,26-/m1/s1. The fourth-order valence-corrected chi connectivity index (χ4v) is 9.55. The number of nitrogen functional groups attached to an aromatic ring is 1. The van der Waals surface area contributed by atoms with Gasteiger partial charge in [-0.1, -0.05) is 25.6 Å². The number of thioether (sulfide) groups is 1. The summed E-state index contributed by atoms with van der Waals surface area (Å²) >= 11 is 1.01. The third-order valence-corrected chi connectivity index (χ3v) is 13.2. The molecule has 59 heavy (non-hydrogen) atoms. The van der Waals surface area contributed by atoms with Crippen LogP contribution in [0.4, 0.5) is 5.82 Å². The molecule has 0 radical (unpaired) electrons. The molecule has 7 atom stereocenters. The van der Waals surface area contributed by atoms with Crippen LogP contribution in [0.15, 0.2) is 12.7 Å². The number of hydrogen-bond acceptors (Lipinski definition) is 24. The van der Waals surface area contributed by atoms with Gasteiger partial charge in [0.05, 0.1) is 27.4 Å². The third-order valence-electron chi connectivity index (χ3n) is 9.12. The molecular weight excluding hydrogens is 875 g/mol. The summed E-state index contributed by atoms with van der Waals surface area (Å²) in [4.78, 5) is 108. The van der Waals surface area contributed by atoms with Gasteiger partial charge >= 0.3 is 0 Å². The van der Waals surface area contributed by atoms with Gasteiger partial charge < -0.3 is 78.9 Å². The minimum atomic E-state index is -5.93. The molecule has 3 heterocycles. The number of aliphatic hydroxyl groups is 2. The minimum Gasteiger partial charge on any atom is -0.790 e. The van der Waals surface area contributed by atoms with Gasteiger partial charge in [0, 0.05) is 42.6 Å². The topological polar surface area (TPSA) is 415 Å². The van der Waals surface area contributed by atoms with E-state index in [2.05, 4.69) is 43.5 Å². The van der Waals surface area contributed by atoms with E-state index in [1.165, 1.54) is 13.8 Å². The fraction of sp³-hybridized carbons (Fsp3) is 0.690. The van der Waals surface area contributed by atoms with Crippen molar-refractivity contribution in [3.63, 3.8) is 0 Å². The van der Waals surface area contributed by atoms with Crippen LogP contribution in [0, 0.1) is 17.3 Å². The van der Waals surface area contributed by atoms with Crippen molar-refractivity contribution in [1.82, 2.24) is 30.2 Å². The monoisotopic (exact) mass is 916 g/mol. The molecule has 26 nitrogen and oxygen atoms in total. The summed E-state index contributed by atoms with van der Waals surface area (Å²) in [7, 11) is -17.6. The van der Waals surface area contributed by atoms with Crippen LogP contribution in [0.3, 0.4) is 0 Å². The van der Waals surface area contributed by atoms with Gasteiger partial charge in [-0.2, -0.15) is 0 Å². The van der Waals surface area contributed by atoms with Crippen LogP contribution in [0.25, 0.3) is 11.2 Å². The smallest absolute Gasteiger partial charge is 0.274 e. The molecule has 0 aromatic carbocycles. The summed E-state index contributed by atoms with van der Waals surface area (Å²) in [5, 5.41) is 37.1. The number of nitrogens with zero attached hydrogens (tertiary/aromatic N) is 4. The SMILES string of the molecule is CC(C)(COP(=O)([O-])OP(=O)([O-])OC[C@H]1O[C@@H](n2cnc3c(N)ncnc32)[C@H](O)[C@@H]1OP(=O)([O-])[O-])[C@@H](O)C(=O)NCCC(=O)NCCSC(=O)C1CCC(C(=O)[O-])CC1. The Morgan fingerprint density at radius 3 is 2.31 bits per heavy atom. The molecule has 1 aliphatic heterocycles. The number of aromatic nitrogens is 4. The van der Waals surface area contributed by atoms with Crippen molar-refractivity contribution >= 4 is 75.1 Å². The van der Waals surface area contributed by atoms with Crippen LogP contribution >= 0.6 is 35.2 Å². The molecule has 332 valence electrons. The van der Waals surface area contributed by atoms with Crippen molar-refractivity contribution in [3.8, 4) is 0 Å². The second-order valence-electron chi connectivity index (χ2n) is 14.0. The number of aliphatic hydroxyl groups excluding tert-OH is 2. The highest BCUT2D eigenvalue weighted by Crippen LogP contribution is 2.56. The maximum Gasteiger partial charge on any atom is 0.274 e. The quantitative estimate of drug-likeness (QED) is 0.0584. The molecule has 1 aliphatic carbocycles. The molecule has 4 rings (SSSR count). The van der Waals surface area contributed by atoms with E-state index < -0.39 is 96.4 Å². The van der Waals surface area contributed by atoms with Crippen LogP contribution in [0.1, 0.15) is 52.2 Å². The number of aliphatic carboxylic acids is 1. The zero-order valence-corrected chi connectivity index (χ0v) is 34.7. The number of phosphoric acid groups is 3. The average molecular weight is 917 g/mol. The molecule has 2 unspecified atom stereocenters. The van der Waals surface area contributed by atoms with Crippen LogP contribution in [0.5, 0.6) is 0 Å². The predicted molar refractivity (Wildman–Crippen MR) is 189 cm³/mol. The van der Waals surface area contributed by atoms with Gasteiger partial charge in [-0.15, -0.1) is 0 Å². The first-order chi connectivity index (χ1) is 27.4. The van der Waals surface area contributed by atoms with E-state index in [-0.39, 0.29) is 53.3 Å². The second kappa shape index (κ2) is 20.3. The Hall–Kier alpha value is -2.97. The highest BCUT2D eigenvalue weighted by molar-refractivity contribution is 8.13. The van der Waals surface area contributed by atoms with Crippen molar-refractivity contribution in [2.45, 2.75) is 76.6 Å². The molecule has 2 aromatic rings. The number of fused-ring (bicyclic) bond motifs is 1. The van der Waals surface area contributed by atoms with E-state index in [4.69, 9.17) is 10.5 Å². The van der Waals surface area contributed by atoms with Crippen LogP contribution in [-0.2, 0) is 55.5 Å². The number of phosphoric ester groups is 3. The Morgan fingerprint density at radius 1 is 1.02 bits per heavy atom. The second-order valence-corrected chi connectivity index (χ2v) is 19.2. The van der Waals surface area contributed by atoms with Crippen LogP contribution < -0.4 is 41.0 Å². The molecule has 0 spiro atoms. The number of hydrogen-bond donors (Lipinski definition) is 5. The van der Waals surface area contributed by atoms with Gasteiger partial charge in [-0.05, 0) is 31.6 Å². The number of anilines is 1. The number of carboxylic acid groups (broad SMARTS) is 1. The van der Waals surface area contributed by atoms with E-state index in [9.17, 15) is 67.8 Å². The highest BCUT2D eigenvalue weighted by Gasteiger charge is 2.47. The number of imidazole rings is 1. The summed E-state index contributed by atoms with van der Waals surface area (Å²) < 4.78 is 60.5. The first-order valence-electron chi connectivity index (χ1n) is 17.6. The lowest BCUT2D eigenvalue weighted by Crippen LogP contribution is -2.46. The predicted octanol–water partition coefficient (Wildman–Crippen LogP) is -4.31. The first kappa shape index (κ1) is 48.7. The molecule has 2 fully saturated rings. The van der Waals surface area contributed by atoms with Gasteiger partial charge in [0.1, 0.15) is 36.3 Å². The Bertz CT molecular complexity index is 1980. The Balaban J connectivity index is 1.20. The number of rotatable bonds is 21. The highest BCUT2D eigenvalue weighted by atomic mass is 32.2. The van der Waals surface area contributed by atoms with Crippen molar-refractivity contribution in [2.24, 2.45) is 17.3 Å². The Morgan fingerprint density at radius 2 is 1.66 bits per heavy atom. The van der Waals surface area contributed by atoms with E-state index in [0.717, 1.165) is 29.0 Å². The lowest BCUT2D eigenvalue weighted by atomic mass is 9.83. The fourth-order valence-electron chi connectivity index (χ4n) is 5.94. The minimum absolute atomic E-state index is 0.0303. The number of ether oxygens (including phenoxy) is 1. The number of amides is 2. The average Bonchev–Trinajstić information content (AvgIpc) is 3.71. The largest absolute Gasteiger partial charge is 0.790 e. The van der Waals surface area contributed by atoms with E-state index in [1.54, 1.807) is 0 Å². The summed E-state index contributed by atoms with van der Waals surface area (Å²) in [6.07, 6.45) is -6.10. The maximum atomic E-state index is 12.6. The van der Waals surface area contributed by atoms with Crippen molar-refractivity contribution < 1.29 is 90.4 Å². The van der Waals surface area contributed by atoms with Gasteiger partial charge in [0.2, 0.25) is 11.8 Å². The lowest BCUT2D eigenvalue weighted by Gasteiger charge is -2.36. The van der Waals surface area contributed by atoms with Gasteiger partial charge in [0.25, 0.3) is 15.6 Å². The molecule has 0 bridgehead atoms. The summed E-state index contributed by atoms with van der Waals surface area (Å²) in [6.45, 7) is -0.0802. The number of carbonyl (C=O) groups excluding carboxylic acids is 4. The summed E-state index contributed by atoms with van der Waals surface area (Å²) in [5.74, 6) is -3.32. The molecule has 1 saturated heterocycles. The van der Waals surface area contributed by atoms with Crippen molar-refractivity contribution in [3.05, 3.63) is 12.7 Å². The summed E-state index contributed by atoms with van der Waals surface area (Å²) in [5.41, 5.74) is 4.02.